The number of hydrogen-bond donors (Lipinski definition) is 5. The summed E-state index contributed by atoms with van der Waals surface area (Å²) in [5.74, 6) is 2.44. The molecule has 0 aromatic heterocycles. The highest BCUT2D eigenvalue weighted by atomic mass is 31.2. The first kappa shape index (κ1) is 114. The van der Waals surface area contributed by atoms with Crippen molar-refractivity contribution in [1.82, 2.24) is 0 Å². The van der Waals surface area contributed by atoms with Crippen molar-refractivity contribution in [2.75, 3.05) is 206 Å². The zero-order chi connectivity index (χ0) is 70.7. The second-order valence-corrected chi connectivity index (χ2v) is 43.8. The molecular formula is C65H160N5O17P5. The number of hydrogen-bond acceptors (Lipinski definition) is 17. The van der Waals surface area contributed by atoms with Crippen LogP contribution in [0.15, 0.2) is 0 Å². The fraction of sp³-hybridized carbons (Fsp3) is 0.923. The maximum Gasteiger partial charge on any atom is 0.332 e. The van der Waals surface area contributed by atoms with Gasteiger partial charge in [-0.2, -0.15) is 0 Å². The average Bonchev–Trinajstić information content (AvgIpc) is 3.33. The van der Waals surface area contributed by atoms with E-state index in [9.17, 15) is 48.4 Å². The van der Waals surface area contributed by atoms with Gasteiger partial charge in [0.05, 0.1) is 137 Å². The molecule has 13 atom stereocenters. The Morgan fingerprint density at radius 3 is 0.467 bits per heavy atom. The minimum absolute atomic E-state index is 0. The van der Waals surface area contributed by atoms with E-state index in [0.29, 0.717) is 52.0 Å². The molecule has 5 unspecified atom stereocenters. The van der Waals surface area contributed by atoms with Crippen LogP contribution in [0, 0.1) is 66.7 Å². The van der Waals surface area contributed by atoms with Gasteiger partial charge in [-0.3, -0.25) is 22.8 Å². The Balaban J connectivity index is -0.000000113. The first-order valence-electron chi connectivity index (χ1n) is 30.8. The van der Waals surface area contributed by atoms with Gasteiger partial charge in [0, 0.05) is 102 Å². The van der Waals surface area contributed by atoms with Crippen molar-refractivity contribution in [2.45, 2.75) is 162 Å². The van der Waals surface area contributed by atoms with E-state index in [1.807, 2.05) is 42.3 Å². The SMILES string of the molecule is COP(=O)(C[C@@H](O)[C@@H](CC(C)C)[N+](C)(C)C)OC.COP(=O)(C[C@H](O)[C@@H](CC(C)C)[N+](C)(C)C)OC.COP(C)(=O)CC(O)C(CC(C)C)[N+](C)(C)C.COP(C)(=O)C[C@@H](O)[C@H](CC(C)C)[N+](C)(C)C.COP(C)(=O)C[C@H](O)[C@H](CC(C)C)[N+](C)(C)C.[CH3-].[CH3-].[CH3-].[CH3-].[CH3-]. The minimum Gasteiger partial charge on any atom is -0.386 e. The van der Waals surface area contributed by atoms with Crippen molar-refractivity contribution in [3.8, 4) is 0 Å². The lowest BCUT2D eigenvalue weighted by Gasteiger charge is -2.38. The maximum absolute atomic E-state index is 12.1. The molecule has 0 spiro atoms. The molecule has 0 bridgehead atoms. The lowest BCUT2D eigenvalue weighted by molar-refractivity contribution is -0.900. The molecule has 27 heteroatoms. The molecule has 0 rings (SSSR count). The van der Waals surface area contributed by atoms with Crippen LogP contribution in [0.3, 0.4) is 0 Å². The number of quaternary nitrogens is 5. The molecule has 22 nitrogen and oxygen atoms in total. The van der Waals surface area contributed by atoms with Crippen LogP contribution in [0.25, 0.3) is 0 Å². The smallest absolute Gasteiger partial charge is 0.332 e. The molecule has 0 aromatic rings. The van der Waals surface area contributed by atoms with Crippen LogP contribution < -0.4 is 0 Å². The fourth-order valence-corrected chi connectivity index (χ4v) is 15.6. The molecule has 0 saturated carbocycles. The molecule has 0 radical (unpaired) electrons. The highest BCUT2D eigenvalue weighted by Crippen LogP contribution is 2.49. The molecule has 5 N–H and O–H groups in total. The largest absolute Gasteiger partial charge is 0.386 e. The van der Waals surface area contributed by atoms with Crippen molar-refractivity contribution < 1.29 is 102 Å². The maximum atomic E-state index is 12.1. The molecular weight excluding hydrogens is 1280 g/mol. The van der Waals surface area contributed by atoms with Crippen molar-refractivity contribution >= 4 is 37.3 Å². The molecule has 0 fully saturated rings. The summed E-state index contributed by atoms with van der Waals surface area (Å²) in [4.78, 5) is 0. The number of rotatable bonds is 37. The Morgan fingerprint density at radius 2 is 0.380 bits per heavy atom. The first-order valence-corrected chi connectivity index (χ1v) is 41.1. The zero-order valence-corrected chi connectivity index (χ0v) is 71.8. The second kappa shape index (κ2) is 49.9. The Hall–Kier alpha value is 0.470. The van der Waals surface area contributed by atoms with Crippen LogP contribution in [0.2, 0.25) is 0 Å². The summed E-state index contributed by atoms with van der Waals surface area (Å²) in [7, 11) is 26.1. The third-order valence-electron chi connectivity index (χ3n) is 15.4. The van der Waals surface area contributed by atoms with Gasteiger partial charge in [-0.25, -0.2) is 0 Å². The minimum atomic E-state index is -3.16. The molecule has 0 aliphatic rings. The van der Waals surface area contributed by atoms with Crippen LogP contribution >= 0.6 is 37.3 Å². The van der Waals surface area contributed by atoms with E-state index in [4.69, 9.17) is 31.7 Å². The highest BCUT2D eigenvalue weighted by molar-refractivity contribution is 7.58. The first-order chi connectivity index (χ1) is 38.6. The lowest BCUT2D eigenvalue weighted by atomic mass is 9.97. The molecule has 0 aliphatic carbocycles. The van der Waals surface area contributed by atoms with E-state index in [1.54, 1.807) is 20.0 Å². The van der Waals surface area contributed by atoms with E-state index in [2.05, 4.69) is 133 Å². The van der Waals surface area contributed by atoms with E-state index in [1.165, 1.54) is 49.8 Å². The summed E-state index contributed by atoms with van der Waals surface area (Å²) in [6, 6.07) is 0.252. The fourth-order valence-electron chi connectivity index (χ4n) is 10.1. The summed E-state index contributed by atoms with van der Waals surface area (Å²) in [6.07, 6.45) is 2.03. The molecule has 0 amide bonds. The van der Waals surface area contributed by atoms with E-state index < -0.39 is 67.8 Å². The van der Waals surface area contributed by atoms with Crippen molar-refractivity contribution in [3.63, 3.8) is 0 Å². The van der Waals surface area contributed by atoms with Gasteiger partial charge in [-0.1, -0.05) is 69.2 Å². The number of nitrogens with zero attached hydrogens (tertiary/aromatic N) is 5. The second-order valence-electron chi connectivity index (χ2n) is 30.9. The third-order valence-corrected chi connectivity index (χ3v) is 24.7. The van der Waals surface area contributed by atoms with Gasteiger partial charge in [-0.05, 0) is 29.6 Å². The molecule has 0 aliphatic heterocycles. The zero-order valence-electron chi connectivity index (χ0n) is 67.3. The van der Waals surface area contributed by atoms with Crippen LogP contribution in [0.1, 0.15) is 101 Å². The lowest BCUT2D eigenvalue weighted by Crippen LogP contribution is -2.53. The number of aliphatic hydroxyl groups is 5. The quantitative estimate of drug-likeness (QED) is 0.0220. The number of aliphatic hydroxyl groups excluding tert-OH is 5. The summed E-state index contributed by atoms with van der Waals surface area (Å²) >= 11 is 0. The summed E-state index contributed by atoms with van der Waals surface area (Å²) in [6.45, 7) is 26.0. The Morgan fingerprint density at radius 1 is 0.261 bits per heavy atom. The predicted molar refractivity (Wildman–Crippen MR) is 398 cm³/mol. The van der Waals surface area contributed by atoms with Crippen LogP contribution in [-0.4, -0.2) is 315 Å². The average molecular weight is 1440 g/mol. The summed E-state index contributed by atoms with van der Waals surface area (Å²) in [5, 5.41) is 51.6. The van der Waals surface area contributed by atoms with E-state index in [0.717, 1.165) is 32.1 Å². The van der Waals surface area contributed by atoms with E-state index in [-0.39, 0.29) is 98.2 Å². The Kier molecular flexibility index (Phi) is 61.7. The predicted octanol–water partition coefficient (Wildman–Crippen LogP) is 12.2. The van der Waals surface area contributed by atoms with Gasteiger partial charge in [0.1, 0.15) is 60.7 Å². The summed E-state index contributed by atoms with van der Waals surface area (Å²) in [5.41, 5.74) is 0. The van der Waals surface area contributed by atoms with Crippen molar-refractivity contribution in [2.24, 2.45) is 29.6 Å². The van der Waals surface area contributed by atoms with Crippen LogP contribution in [0.5, 0.6) is 0 Å². The summed E-state index contributed by atoms with van der Waals surface area (Å²) < 4.78 is 97.6. The van der Waals surface area contributed by atoms with Crippen LogP contribution in [-0.2, 0) is 54.5 Å². The van der Waals surface area contributed by atoms with Gasteiger partial charge in [0.2, 0.25) is 22.1 Å². The third kappa shape index (κ3) is 53.4. The van der Waals surface area contributed by atoms with Crippen molar-refractivity contribution in [3.05, 3.63) is 37.1 Å². The van der Waals surface area contributed by atoms with E-state index >= 15 is 0 Å². The van der Waals surface area contributed by atoms with Gasteiger partial charge >= 0.3 is 15.2 Å². The Bertz CT molecular complexity index is 1850. The van der Waals surface area contributed by atoms with Gasteiger partial charge in [0.15, 0.2) is 0 Å². The van der Waals surface area contributed by atoms with Gasteiger partial charge in [-0.15, -0.1) is 0 Å². The van der Waals surface area contributed by atoms with Crippen LogP contribution in [0.4, 0.5) is 0 Å². The molecule has 0 heterocycles. The number of likely N-dealkylation sites (N-methyl/N-ethyl adjacent to an activating group) is 5. The normalized spacial score (nSPS) is 17.8. The highest BCUT2D eigenvalue weighted by Gasteiger charge is 2.41. The van der Waals surface area contributed by atoms with Crippen molar-refractivity contribution in [1.29, 1.82) is 0 Å². The Labute approximate surface area is 572 Å². The molecule has 572 valence electrons. The molecule has 92 heavy (non-hydrogen) atoms. The topological polar surface area (TPSA) is 251 Å². The molecule has 0 saturated heterocycles. The monoisotopic (exact) mass is 1440 g/mol. The molecule has 0 aromatic carbocycles. The standard InChI is InChI=1S/2C12H29NO4P.3C12H29NO3P.5CH3/c2*1-10(2)8-11(13(3,4)5)12(14)9-18(15,16-6)17-7;3*1-10(2)8-11(13(3,4)5)12(14)9-17(7,15)16-6;;;;;/h2*10-12,14H,8-9H2,1-7H3;3*10-12,14H,8-9H2,1-7H3;5*1H3/q5*+1;5*-1/t11-,12+;11-,12-;11-,12+,17?;11-,12-,17?;;;;;;/m1100....../s1. The van der Waals surface area contributed by atoms with Gasteiger partial charge < -0.3 is 117 Å². The van der Waals surface area contributed by atoms with Gasteiger partial charge in [0.25, 0.3) is 0 Å².